The molecule has 2 amide bonds. The molecule has 0 atom stereocenters. The summed E-state index contributed by atoms with van der Waals surface area (Å²) in [5.74, 6) is -0.179. The van der Waals surface area contributed by atoms with Crippen LogP contribution in [0.4, 0.5) is 10.5 Å². The zero-order valence-corrected chi connectivity index (χ0v) is 16.7. The Bertz CT molecular complexity index is 786. The summed E-state index contributed by atoms with van der Waals surface area (Å²) in [4.78, 5) is 29.8. The maximum atomic E-state index is 12.6. The van der Waals surface area contributed by atoms with E-state index in [-0.39, 0.29) is 24.0 Å². The van der Waals surface area contributed by atoms with Gasteiger partial charge in [-0.25, -0.2) is 9.48 Å². The van der Waals surface area contributed by atoms with Crippen LogP contribution in [-0.2, 0) is 9.53 Å². The van der Waals surface area contributed by atoms with Crippen molar-refractivity contribution in [2.45, 2.75) is 39.7 Å². The van der Waals surface area contributed by atoms with Crippen LogP contribution in [0.3, 0.4) is 0 Å². The average Bonchev–Trinajstić information content (AvgIpc) is 2.96. The summed E-state index contributed by atoms with van der Waals surface area (Å²) >= 11 is 6.23. The van der Waals surface area contributed by atoms with Gasteiger partial charge in [-0.2, -0.15) is 5.10 Å². The lowest BCUT2D eigenvalue weighted by Gasteiger charge is -2.21. The van der Waals surface area contributed by atoms with Gasteiger partial charge in [0.05, 0.1) is 18.1 Å². The number of hydrogen-bond acceptors (Lipinski definition) is 5. The fourth-order valence-electron chi connectivity index (χ4n) is 2.35. The molecule has 0 aliphatic carbocycles. The van der Waals surface area contributed by atoms with Crippen LogP contribution < -0.4 is 10.2 Å². The number of aromatic nitrogens is 3. The van der Waals surface area contributed by atoms with Crippen LogP contribution in [0, 0.1) is 0 Å². The first-order chi connectivity index (χ1) is 12.7. The Morgan fingerprint density at radius 2 is 2.11 bits per heavy atom. The summed E-state index contributed by atoms with van der Waals surface area (Å²) in [7, 11) is 0. The minimum atomic E-state index is -0.585. The van der Waals surface area contributed by atoms with Crippen molar-refractivity contribution < 1.29 is 14.3 Å². The van der Waals surface area contributed by atoms with Crippen molar-refractivity contribution in [3.63, 3.8) is 0 Å². The number of carbonyl (C=O) groups is 2. The van der Waals surface area contributed by atoms with E-state index in [1.54, 1.807) is 50.1 Å². The van der Waals surface area contributed by atoms with E-state index in [0.29, 0.717) is 12.2 Å². The van der Waals surface area contributed by atoms with Crippen molar-refractivity contribution in [3.05, 3.63) is 35.9 Å². The van der Waals surface area contributed by atoms with Crippen molar-refractivity contribution in [1.82, 2.24) is 20.1 Å². The van der Waals surface area contributed by atoms with E-state index < -0.39 is 11.7 Å². The first-order valence-corrected chi connectivity index (χ1v) is 9.02. The Morgan fingerprint density at radius 1 is 1.37 bits per heavy atom. The van der Waals surface area contributed by atoms with Crippen LogP contribution in [0.15, 0.2) is 30.7 Å². The third-order valence-corrected chi connectivity index (χ3v) is 3.75. The highest BCUT2D eigenvalue weighted by Gasteiger charge is 2.21. The summed E-state index contributed by atoms with van der Waals surface area (Å²) < 4.78 is 6.72. The second-order valence-electron chi connectivity index (χ2n) is 6.78. The van der Waals surface area contributed by atoms with Crippen molar-refractivity contribution in [2.24, 2.45) is 0 Å². The summed E-state index contributed by atoms with van der Waals surface area (Å²) in [6.07, 6.45) is 4.55. The van der Waals surface area contributed by atoms with Crippen molar-refractivity contribution in [3.8, 4) is 5.69 Å². The molecule has 0 bridgehead atoms. The van der Waals surface area contributed by atoms with Gasteiger partial charge in [0.25, 0.3) is 0 Å². The Balaban J connectivity index is 2.01. The number of amides is 2. The number of nitrogens with one attached hydrogen (secondary N) is 1. The van der Waals surface area contributed by atoms with Crippen LogP contribution in [-0.4, -0.2) is 45.5 Å². The molecule has 2 aromatic heterocycles. The van der Waals surface area contributed by atoms with E-state index in [0.717, 1.165) is 5.69 Å². The fourth-order valence-corrected chi connectivity index (χ4v) is 2.58. The van der Waals surface area contributed by atoms with Gasteiger partial charge in [-0.15, -0.1) is 0 Å². The lowest BCUT2D eigenvalue weighted by atomic mass is 10.2. The lowest BCUT2D eigenvalue weighted by molar-refractivity contribution is -0.118. The Hall–Kier alpha value is -2.61. The van der Waals surface area contributed by atoms with Crippen LogP contribution in [0.25, 0.3) is 5.69 Å². The van der Waals surface area contributed by atoms with Gasteiger partial charge in [0.1, 0.15) is 11.3 Å². The molecule has 0 aromatic carbocycles. The molecule has 0 unspecified atom stereocenters. The number of ether oxygens (including phenoxy) is 1. The molecular formula is C18H24ClN5O3. The number of hydrogen-bond donors (Lipinski definition) is 1. The van der Waals surface area contributed by atoms with Crippen molar-refractivity contribution in [1.29, 1.82) is 0 Å². The zero-order chi connectivity index (χ0) is 20.0. The van der Waals surface area contributed by atoms with E-state index in [1.165, 1.54) is 4.90 Å². The van der Waals surface area contributed by atoms with Gasteiger partial charge in [0, 0.05) is 25.7 Å². The number of alkyl carbamates (subject to hydrolysis) is 1. The number of carbonyl (C=O) groups excluding carboxylic acids is 2. The first kappa shape index (κ1) is 20.7. The number of pyridine rings is 1. The summed E-state index contributed by atoms with van der Waals surface area (Å²) in [6.45, 7) is 7.76. The van der Waals surface area contributed by atoms with Crippen LogP contribution >= 0.6 is 11.6 Å². The SMILES string of the molecule is CCN(C(=O)CCNC(=O)OC(C)(C)C)c1cn(-c2cccnc2)nc1Cl. The topological polar surface area (TPSA) is 89.4 Å². The highest BCUT2D eigenvalue weighted by Crippen LogP contribution is 2.26. The minimum absolute atomic E-state index is 0.113. The third kappa shape index (κ3) is 5.96. The molecule has 1 N–H and O–H groups in total. The summed E-state index contributed by atoms with van der Waals surface area (Å²) in [5, 5.41) is 7.03. The average molecular weight is 394 g/mol. The number of rotatable bonds is 6. The molecule has 9 heteroatoms. The molecule has 0 saturated carbocycles. The van der Waals surface area contributed by atoms with Gasteiger partial charge in [-0.3, -0.25) is 9.78 Å². The molecule has 0 saturated heterocycles. The molecule has 0 fully saturated rings. The first-order valence-electron chi connectivity index (χ1n) is 8.64. The Labute approximate surface area is 163 Å². The Kier molecular flexibility index (Phi) is 6.79. The minimum Gasteiger partial charge on any atom is -0.444 e. The standard InChI is InChI=1S/C18H24ClN5O3/c1-5-23(15(25)8-10-21-17(26)27-18(2,3)4)14-12-24(22-16(14)19)13-7-6-9-20-11-13/h6-7,9,11-12H,5,8,10H2,1-4H3,(H,21,26). The predicted octanol–water partition coefficient (Wildman–Crippen LogP) is 3.19. The van der Waals surface area contributed by atoms with Gasteiger partial charge in [-0.05, 0) is 39.8 Å². The van der Waals surface area contributed by atoms with Gasteiger partial charge in [-0.1, -0.05) is 11.6 Å². The molecule has 0 spiro atoms. The largest absolute Gasteiger partial charge is 0.444 e. The highest BCUT2D eigenvalue weighted by atomic mass is 35.5. The maximum Gasteiger partial charge on any atom is 0.407 e. The Morgan fingerprint density at radius 3 is 2.70 bits per heavy atom. The molecule has 27 heavy (non-hydrogen) atoms. The number of halogens is 1. The monoisotopic (exact) mass is 393 g/mol. The van der Waals surface area contributed by atoms with Gasteiger partial charge in [0.2, 0.25) is 5.91 Å². The molecule has 0 aliphatic rings. The number of anilines is 1. The molecule has 146 valence electrons. The summed E-state index contributed by atoms with van der Waals surface area (Å²) in [5.41, 5.74) is 0.656. The maximum absolute atomic E-state index is 12.6. The molecule has 2 rings (SSSR count). The van der Waals surface area contributed by atoms with Crippen LogP contribution in [0.5, 0.6) is 0 Å². The van der Waals surface area contributed by atoms with E-state index in [2.05, 4.69) is 15.4 Å². The van der Waals surface area contributed by atoms with Crippen LogP contribution in [0.2, 0.25) is 5.15 Å². The number of nitrogens with zero attached hydrogens (tertiary/aromatic N) is 4. The molecule has 8 nitrogen and oxygen atoms in total. The molecule has 0 radical (unpaired) electrons. The van der Waals surface area contributed by atoms with Gasteiger partial charge >= 0.3 is 6.09 Å². The lowest BCUT2D eigenvalue weighted by Crippen LogP contribution is -2.36. The fraction of sp³-hybridized carbons (Fsp3) is 0.444. The summed E-state index contributed by atoms with van der Waals surface area (Å²) in [6, 6.07) is 3.62. The molecule has 2 aromatic rings. The smallest absolute Gasteiger partial charge is 0.407 e. The van der Waals surface area contributed by atoms with E-state index in [4.69, 9.17) is 16.3 Å². The molecule has 2 heterocycles. The second-order valence-corrected chi connectivity index (χ2v) is 7.14. The van der Waals surface area contributed by atoms with Gasteiger partial charge < -0.3 is 15.0 Å². The van der Waals surface area contributed by atoms with Crippen molar-refractivity contribution in [2.75, 3.05) is 18.0 Å². The highest BCUT2D eigenvalue weighted by molar-refractivity contribution is 6.32. The van der Waals surface area contributed by atoms with E-state index in [9.17, 15) is 9.59 Å². The predicted molar refractivity (Wildman–Crippen MR) is 103 cm³/mol. The quantitative estimate of drug-likeness (QED) is 0.814. The third-order valence-electron chi connectivity index (χ3n) is 3.48. The molecular weight excluding hydrogens is 370 g/mol. The van der Waals surface area contributed by atoms with Gasteiger partial charge in [0.15, 0.2) is 5.15 Å². The van der Waals surface area contributed by atoms with E-state index in [1.807, 2.05) is 13.0 Å². The second kappa shape index (κ2) is 8.85. The van der Waals surface area contributed by atoms with E-state index >= 15 is 0 Å². The van der Waals surface area contributed by atoms with Crippen molar-refractivity contribution >= 4 is 29.3 Å². The van der Waals surface area contributed by atoms with Crippen LogP contribution in [0.1, 0.15) is 34.1 Å². The normalized spacial score (nSPS) is 11.1. The molecule has 0 aliphatic heterocycles. The zero-order valence-electron chi connectivity index (χ0n) is 15.9.